The van der Waals surface area contributed by atoms with Gasteiger partial charge in [-0.2, -0.15) is 0 Å². The van der Waals surface area contributed by atoms with Crippen molar-refractivity contribution in [1.29, 1.82) is 0 Å². The average Bonchev–Trinajstić information content (AvgIpc) is 2.30. The van der Waals surface area contributed by atoms with Crippen LogP contribution in [0.25, 0.3) is 0 Å². The van der Waals surface area contributed by atoms with Crippen molar-refractivity contribution in [1.82, 2.24) is 10.2 Å². The number of carbonyl (C=O) groups excluding carboxylic acids is 1. The molecule has 1 saturated heterocycles. The molecular weight excluding hydrogens is 224 g/mol. The number of piperazine rings is 1. The van der Waals surface area contributed by atoms with E-state index in [2.05, 4.69) is 33.0 Å². The van der Waals surface area contributed by atoms with Crippen LogP contribution in [-0.2, 0) is 0 Å². The molecule has 1 N–H and O–H groups in total. The molecule has 0 saturated carbocycles. The molecule has 1 amide bonds. The van der Waals surface area contributed by atoms with Crippen molar-refractivity contribution >= 4 is 5.91 Å². The van der Waals surface area contributed by atoms with E-state index >= 15 is 0 Å². The third-order valence-corrected chi connectivity index (χ3v) is 3.60. The molecule has 1 aliphatic rings. The highest BCUT2D eigenvalue weighted by Crippen LogP contribution is 2.14. The van der Waals surface area contributed by atoms with Crippen LogP contribution in [0.4, 0.5) is 0 Å². The molecule has 2 atom stereocenters. The van der Waals surface area contributed by atoms with Gasteiger partial charge >= 0.3 is 0 Å². The van der Waals surface area contributed by atoms with Crippen LogP contribution < -0.4 is 5.32 Å². The molecule has 3 heteroatoms. The Kier molecular flexibility index (Phi) is 3.71. The Morgan fingerprint density at radius 3 is 2.33 bits per heavy atom. The molecule has 0 spiro atoms. The summed E-state index contributed by atoms with van der Waals surface area (Å²) in [5, 5.41) is 3.44. The lowest BCUT2D eigenvalue weighted by Gasteiger charge is -2.36. The van der Waals surface area contributed by atoms with E-state index in [-0.39, 0.29) is 5.91 Å². The molecule has 0 bridgehead atoms. The van der Waals surface area contributed by atoms with Crippen molar-refractivity contribution in [3.8, 4) is 0 Å². The van der Waals surface area contributed by atoms with Crippen LogP contribution in [0.5, 0.6) is 0 Å². The molecular formula is C15H22N2O. The number of hydrogen-bond donors (Lipinski definition) is 1. The molecule has 0 radical (unpaired) electrons. The number of amides is 1. The fraction of sp³-hybridized carbons (Fsp3) is 0.533. The van der Waals surface area contributed by atoms with Gasteiger partial charge in [-0.25, -0.2) is 0 Å². The predicted octanol–water partition coefficient (Wildman–Crippen LogP) is 2.13. The van der Waals surface area contributed by atoms with Crippen LogP contribution in [0.1, 0.15) is 35.3 Å². The van der Waals surface area contributed by atoms with Gasteiger partial charge in [-0.3, -0.25) is 4.79 Å². The van der Waals surface area contributed by atoms with E-state index in [4.69, 9.17) is 0 Å². The lowest BCUT2D eigenvalue weighted by atomic mass is 10.0. The number of benzene rings is 1. The van der Waals surface area contributed by atoms with Gasteiger partial charge in [0, 0.05) is 30.7 Å². The fourth-order valence-electron chi connectivity index (χ4n) is 2.55. The number of nitrogens with one attached hydrogen (secondary N) is 1. The van der Waals surface area contributed by atoms with Crippen LogP contribution in [-0.4, -0.2) is 36.0 Å². The Morgan fingerprint density at radius 1 is 1.17 bits per heavy atom. The van der Waals surface area contributed by atoms with E-state index in [0.29, 0.717) is 12.1 Å². The van der Waals surface area contributed by atoms with Crippen molar-refractivity contribution in [3.05, 3.63) is 34.9 Å². The maximum atomic E-state index is 12.5. The average molecular weight is 246 g/mol. The number of aryl methyl sites for hydroxylation is 2. The molecule has 98 valence electrons. The molecule has 2 unspecified atom stereocenters. The van der Waals surface area contributed by atoms with E-state index in [1.165, 1.54) is 11.1 Å². The second kappa shape index (κ2) is 5.11. The summed E-state index contributed by atoms with van der Waals surface area (Å²) in [5.74, 6) is 0.151. The zero-order chi connectivity index (χ0) is 13.3. The summed E-state index contributed by atoms with van der Waals surface area (Å²) in [4.78, 5) is 14.4. The molecule has 1 aromatic rings. The highest BCUT2D eigenvalue weighted by Gasteiger charge is 2.25. The molecule has 0 aliphatic carbocycles. The lowest BCUT2D eigenvalue weighted by Crippen LogP contribution is -2.55. The summed E-state index contributed by atoms with van der Waals surface area (Å²) < 4.78 is 0. The van der Waals surface area contributed by atoms with Crippen molar-refractivity contribution in [2.24, 2.45) is 0 Å². The van der Waals surface area contributed by atoms with Crippen molar-refractivity contribution in [2.45, 2.75) is 39.8 Å². The minimum Gasteiger partial charge on any atom is -0.336 e. The van der Waals surface area contributed by atoms with E-state index in [1.54, 1.807) is 0 Å². The first-order chi connectivity index (χ1) is 8.47. The van der Waals surface area contributed by atoms with Gasteiger partial charge in [0.2, 0.25) is 0 Å². The first-order valence-electron chi connectivity index (χ1n) is 6.60. The molecule has 1 aromatic carbocycles. The molecule has 2 rings (SSSR count). The normalized spacial score (nSPS) is 24.1. The van der Waals surface area contributed by atoms with Gasteiger partial charge < -0.3 is 10.2 Å². The van der Waals surface area contributed by atoms with Gasteiger partial charge in [0.25, 0.3) is 5.91 Å². The van der Waals surface area contributed by atoms with Crippen LogP contribution in [0.3, 0.4) is 0 Å². The largest absolute Gasteiger partial charge is 0.336 e. The van der Waals surface area contributed by atoms with Gasteiger partial charge in [-0.05, 0) is 51.0 Å². The Hall–Kier alpha value is -1.35. The summed E-state index contributed by atoms with van der Waals surface area (Å²) in [6.45, 7) is 9.94. The second-order valence-corrected chi connectivity index (χ2v) is 5.48. The highest BCUT2D eigenvalue weighted by atomic mass is 16.2. The number of carbonyl (C=O) groups is 1. The monoisotopic (exact) mass is 246 g/mol. The van der Waals surface area contributed by atoms with Crippen LogP contribution in [0.2, 0.25) is 0 Å². The smallest absolute Gasteiger partial charge is 0.253 e. The SMILES string of the molecule is Cc1ccc(C(=O)N2CC(C)NC(C)C2)cc1C. The van der Waals surface area contributed by atoms with Crippen LogP contribution >= 0.6 is 0 Å². The third kappa shape index (κ3) is 2.72. The summed E-state index contributed by atoms with van der Waals surface area (Å²) >= 11 is 0. The van der Waals surface area contributed by atoms with Crippen LogP contribution in [0, 0.1) is 13.8 Å². The number of hydrogen-bond acceptors (Lipinski definition) is 2. The van der Waals surface area contributed by atoms with Gasteiger partial charge in [0.05, 0.1) is 0 Å². The van der Waals surface area contributed by atoms with Gasteiger partial charge in [0.15, 0.2) is 0 Å². The zero-order valence-corrected chi connectivity index (χ0v) is 11.7. The summed E-state index contributed by atoms with van der Waals surface area (Å²) in [6, 6.07) is 6.68. The van der Waals surface area contributed by atoms with E-state index in [1.807, 2.05) is 23.1 Å². The molecule has 1 fully saturated rings. The Balaban J connectivity index is 2.17. The fourth-order valence-corrected chi connectivity index (χ4v) is 2.55. The van der Waals surface area contributed by atoms with Crippen molar-refractivity contribution in [3.63, 3.8) is 0 Å². The quantitative estimate of drug-likeness (QED) is 0.823. The van der Waals surface area contributed by atoms with Crippen molar-refractivity contribution in [2.75, 3.05) is 13.1 Å². The molecule has 1 aliphatic heterocycles. The Morgan fingerprint density at radius 2 is 1.78 bits per heavy atom. The third-order valence-electron chi connectivity index (χ3n) is 3.60. The Labute approximate surface area is 109 Å². The predicted molar refractivity (Wildman–Crippen MR) is 73.9 cm³/mol. The molecule has 1 heterocycles. The van der Waals surface area contributed by atoms with E-state index in [9.17, 15) is 4.79 Å². The zero-order valence-electron chi connectivity index (χ0n) is 11.7. The van der Waals surface area contributed by atoms with Gasteiger partial charge in [-0.15, -0.1) is 0 Å². The first kappa shape index (κ1) is 13.1. The molecule has 3 nitrogen and oxygen atoms in total. The second-order valence-electron chi connectivity index (χ2n) is 5.48. The van der Waals surface area contributed by atoms with Gasteiger partial charge in [-0.1, -0.05) is 6.07 Å². The lowest BCUT2D eigenvalue weighted by molar-refractivity contribution is 0.0673. The van der Waals surface area contributed by atoms with Crippen LogP contribution in [0.15, 0.2) is 18.2 Å². The van der Waals surface area contributed by atoms with E-state index in [0.717, 1.165) is 18.7 Å². The Bertz CT molecular complexity index is 446. The van der Waals surface area contributed by atoms with E-state index < -0.39 is 0 Å². The maximum absolute atomic E-state index is 12.5. The topological polar surface area (TPSA) is 32.3 Å². The van der Waals surface area contributed by atoms with Crippen molar-refractivity contribution < 1.29 is 4.79 Å². The first-order valence-corrected chi connectivity index (χ1v) is 6.60. The molecule has 18 heavy (non-hydrogen) atoms. The summed E-state index contributed by atoms with van der Waals surface area (Å²) in [7, 11) is 0. The standard InChI is InChI=1S/C15H22N2O/c1-10-5-6-14(7-11(10)2)15(18)17-8-12(3)16-13(4)9-17/h5-7,12-13,16H,8-9H2,1-4H3. The molecule has 0 aromatic heterocycles. The number of rotatable bonds is 1. The minimum atomic E-state index is 0.151. The highest BCUT2D eigenvalue weighted by molar-refractivity contribution is 5.94. The minimum absolute atomic E-state index is 0.151. The number of nitrogens with zero attached hydrogens (tertiary/aromatic N) is 1. The summed E-state index contributed by atoms with van der Waals surface area (Å²) in [5.41, 5.74) is 3.21. The van der Waals surface area contributed by atoms with Gasteiger partial charge in [0.1, 0.15) is 0 Å². The summed E-state index contributed by atoms with van der Waals surface area (Å²) in [6.07, 6.45) is 0. The maximum Gasteiger partial charge on any atom is 0.253 e.